The predicted molar refractivity (Wildman–Crippen MR) is 92.9 cm³/mol. The van der Waals surface area contributed by atoms with Crippen molar-refractivity contribution >= 4 is 29.1 Å². The van der Waals surface area contributed by atoms with Gasteiger partial charge in [0.25, 0.3) is 5.91 Å². The van der Waals surface area contributed by atoms with Crippen molar-refractivity contribution < 1.29 is 13.9 Å². The first kappa shape index (κ1) is 18.1. The van der Waals surface area contributed by atoms with Crippen molar-refractivity contribution in [2.45, 2.75) is 6.54 Å². The molecule has 0 aliphatic carbocycles. The van der Waals surface area contributed by atoms with Crippen molar-refractivity contribution in [1.82, 2.24) is 25.5 Å². The molecule has 7 nitrogen and oxygen atoms in total. The van der Waals surface area contributed by atoms with Crippen LogP contribution in [0.15, 0.2) is 42.5 Å². The van der Waals surface area contributed by atoms with Gasteiger partial charge in [0.15, 0.2) is 12.4 Å². The number of benzene rings is 2. The zero-order chi connectivity index (χ0) is 18.5. The first-order valence-electron chi connectivity index (χ1n) is 7.40. The second-order valence-electron chi connectivity index (χ2n) is 5.13. The highest BCUT2D eigenvalue weighted by Crippen LogP contribution is 2.27. The Morgan fingerprint density at radius 3 is 2.85 bits per heavy atom. The Hall–Kier alpha value is -2.71. The van der Waals surface area contributed by atoms with Gasteiger partial charge in [-0.2, -0.15) is 4.68 Å². The molecule has 0 radical (unpaired) electrons. The van der Waals surface area contributed by atoms with Gasteiger partial charge in [0.1, 0.15) is 11.6 Å². The molecule has 0 saturated heterocycles. The Morgan fingerprint density at radius 1 is 1.23 bits per heavy atom. The molecular weight excluding hydrogens is 384 g/mol. The van der Waals surface area contributed by atoms with E-state index in [4.69, 9.17) is 27.9 Å². The second kappa shape index (κ2) is 8.11. The van der Waals surface area contributed by atoms with E-state index in [-0.39, 0.29) is 13.2 Å². The minimum absolute atomic E-state index is 0.0417. The summed E-state index contributed by atoms with van der Waals surface area (Å²) in [4.78, 5) is 11.9. The molecular formula is C16H12Cl2FN5O2. The Bertz CT molecular complexity index is 935. The van der Waals surface area contributed by atoms with Gasteiger partial charge in [0, 0.05) is 5.02 Å². The van der Waals surface area contributed by atoms with Gasteiger partial charge in [-0.25, -0.2) is 4.39 Å². The van der Waals surface area contributed by atoms with Crippen LogP contribution in [-0.2, 0) is 11.3 Å². The lowest BCUT2D eigenvalue weighted by Crippen LogP contribution is -2.29. The van der Waals surface area contributed by atoms with E-state index in [9.17, 15) is 9.18 Å². The summed E-state index contributed by atoms with van der Waals surface area (Å²) in [6.07, 6.45) is 0. The summed E-state index contributed by atoms with van der Waals surface area (Å²) in [6, 6.07) is 10.5. The Labute approximate surface area is 157 Å². The summed E-state index contributed by atoms with van der Waals surface area (Å²) in [5.74, 6) is -0.129. The molecule has 26 heavy (non-hydrogen) atoms. The smallest absolute Gasteiger partial charge is 0.258 e. The molecule has 0 aliphatic rings. The molecule has 2 aromatic carbocycles. The van der Waals surface area contributed by atoms with Gasteiger partial charge in [0.2, 0.25) is 0 Å². The standard InChI is InChI=1S/C16H12Cl2FN5O2/c17-10-4-5-14(13(18)6-10)26-9-16(25)20-8-15-21-22-23-24(15)12-3-1-2-11(19)7-12/h1-7H,8-9H2,(H,20,25). The van der Waals surface area contributed by atoms with Crippen molar-refractivity contribution in [2.75, 3.05) is 6.61 Å². The number of carbonyl (C=O) groups is 1. The van der Waals surface area contributed by atoms with Crippen LogP contribution in [0.2, 0.25) is 10.0 Å². The van der Waals surface area contributed by atoms with Crippen LogP contribution in [0.3, 0.4) is 0 Å². The van der Waals surface area contributed by atoms with Crippen LogP contribution in [0.4, 0.5) is 4.39 Å². The highest BCUT2D eigenvalue weighted by molar-refractivity contribution is 6.35. The molecule has 0 spiro atoms. The van der Waals surface area contributed by atoms with Crippen molar-refractivity contribution in [1.29, 1.82) is 0 Å². The summed E-state index contributed by atoms with van der Waals surface area (Å²) in [7, 11) is 0. The van der Waals surface area contributed by atoms with Crippen LogP contribution in [0.25, 0.3) is 5.69 Å². The van der Waals surface area contributed by atoms with Gasteiger partial charge in [-0.05, 0) is 46.8 Å². The molecule has 0 unspecified atom stereocenters. The van der Waals surface area contributed by atoms with Crippen molar-refractivity contribution in [3.05, 3.63) is 64.2 Å². The maximum Gasteiger partial charge on any atom is 0.258 e. The minimum atomic E-state index is -0.416. The maximum atomic E-state index is 13.3. The summed E-state index contributed by atoms with van der Waals surface area (Å²) >= 11 is 11.8. The average molecular weight is 396 g/mol. The molecule has 1 amide bonds. The number of aromatic nitrogens is 4. The third-order valence-corrected chi connectivity index (χ3v) is 3.81. The van der Waals surface area contributed by atoms with E-state index in [1.807, 2.05) is 0 Å². The molecule has 1 N–H and O–H groups in total. The van der Waals surface area contributed by atoms with E-state index in [2.05, 4.69) is 20.8 Å². The largest absolute Gasteiger partial charge is 0.482 e. The van der Waals surface area contributed by atoms with E-state index in [0.717, 1.165) is 0 Å². The lowest BCUT2D eigenvalue weighted by Gasteiger charge is -2.09. The number of tetrazole rings is 1. The van der Waals surface area contributed by atoms with Crippen LogP contribution in [0, 0.1) is 5.82 Å². The van der Waals surface area contributed by atoms with Crippen molar-refractivity contribution in [3.8, 4) is 11.4 Å². The molecule has 1 heterocycles. The number of hydrogen-bond acceptors (Lipinski definition) is 5. The van der Waals surface area contributed by atoms with E-state index < -0.39 is 11.7 Å². The quantitative estimate of drug-likeness (QED) is 0.693. The van der Waals surface area contributed by atoms with Crippen LogP contribution >= 0.6 is 23.2 Å². The summed E-state index contributed by atoms with van der Waals surface area (Å²) in [5, 5.41) is 14.6. The molecule has 1 aromatic heterocycles. The van der Waals surface area contributed by atoms with Crippen LogP contribution in [0.1, 0.15) is 5.82 Å². The van der Waals surface area contributed by atoms with Crippen molar-refractivity contribution in [2.24, 2.45) is 0 Å². The van der Waals surface area contributed by atoms with Gasteiger partial charge in [-0.3, -0.25) is 4.79 Å². The van der Waals surface area contributed by atoms with Crippen LogP contribution < -0.4 is 10.1 Å². The number of rotatable bonds is 6. The third-order valence-electron chi connectivity index (χ3n) is 3.28. The SMILES string of the molecule is O=C(COc1ccc(Cl)cc1Cl)NCc1nnnn1-c1cccc(F)c1. The van der Waals surface area contributed by atoms with Gasteiger partial charge in [-0.1, -0.05) is 29.3 Å². The summed E-state index contributed by atoms with van der Waals surface area (Å²) in [6.45, 7) is -0.205. The topological polar surface area (TPSA) is 81.9 Å². The van der Waals surface area contributed by atoms with Crippen LogP contribution in [0.5, 0.6) is 5.75 Å². The Balaban J connectivity index is 1.58. The molecule has 0 fully saturated rings. The summed E-state index contributed by atoms with van der Waals surface area (Å²) in [5.41, 5.74) is 0.448. The first-order valence-corrected chi connectivity index (χ1v) is 8.16. The molecule has 10 heteroatoms. The van der Waals surface area contributed by atoms with Gasteiger partial charge in [0.05, 0.1) is 17.3 Å². The molecule has 134 valence electrons. The molecule has 0 bridgehead atoms. The number of nitrogens with one attached hydrogen (secondary N) is 1. The fourth-order valence-corrected chi connectivity index (χ4v) is 2.55. The first-order chi connectivity index (χ1) is 12.5. The fraction of sp³-hybridized carbons (Fsp3) is 0.125. The second-order valence-corrected chi connectivity index (χ2v) is 5.97. The van der Waals surface area contributed by atoms with Crippen LogP contribution in [-0.4, -0.2) is 32.7 Å². The zero-order valence-corrected chi connectivity index (χ0v) is 14.7. The monoisotopic (exact) mass is 395 g/mol. The molecule has 3 aromatic rings. The lowest BCUT2D eigenvalue weighted by atomic mass is 10.3. The highest BCUT2D eigenvalue weighted by Gasteiger charge is 2.11. The minimum Gasteiger partial charge on any atom is -0.482 e. The molecule has 0 atom stereocenters. The lowest BCUT2D eigenvalue weighted by molar-refractivity contribution is -0.123. The van der Waals surface area contributed by atoms with Gasteiger partial charge in [-0.15, -0.1) is 5.10 Å². The predicted octanol–water partition coefficient (Wildman–Crippen LogP) is 2.80. The van der Waals surface area contributed by atoms with E-state index >= 15 is 0 Å². The number of nitrogens with zero attached hydrogens (tertiary/aromatic N) is 4. The number of hydrogen-bond donors (Lipinski definition) is 1. The summed E-state index contributed by atoms with van der Waals surface area (Å²) < 4.78 is 20.0. The van der Waals surface area contributed by atoms with Gasteiger partial charge < -0.3 is 10.1 Å². The number of carbonyl (C=O) groups excluding carboxylic acids is 1. The van der Waals surface area contributed by atoms with Crippen molar-refractivity contribution in [3.63, 3.8) is 0 Å². The third kappa shape index (κ3) is 4.47. The molecule has 0 aliphatic heterocycles. The normalized spacial score (nSPS) is 10.6. The average Bonchev–Trinajstić information content (AvgIpc) is 3.08. The number of amides is 1. The fourth-order valence-electron chi connectivity index (χ4n) is 2.09. The van der Waals surface area contributed by atoms with E-state index in [1.54, 1.807) is 24.3 Å². The van der Waals surface area contributed by atoms with E-state index in [1.165, 1.54) is 22.9 Å². The maximum absolute atomic E-state index is 13.3. The van der Waals surface area contributed by atoms with Gasteiger partial charge >= 0.3 is 0 Å². The highest BCUT2D eigenvalue weighted by atomic mass is 35.5. The number of halogens is 3. The van der Waals surface area contributed by atoms with E-state index in [0.29, 0.717) is 27.3 Å². The Morgan fingerprint density at radius 2 is 2.08 bits per heavy atom. The molecule has 0 saturated carbocycles. The Kier molecular flexibility index (Phi) is 5.65. The zero-order valence-electron chi connectivity index (χ0n) is 13.2. The molecule has 3 rings (SSSR count). The number of ether oxygens (including phenoxy) is 1.